The molecular weight excluding hydrogens is 256 g/mol. The molecule has 0 spiro atoms. The molecule has 0 aliphatic rings. The lowest BCUT2D eigenvalue weighted by atomic mass is 9.89. The Bertz CT molecular complexity index is 466. The number of nitrogens with zero attached hydrogens (tertiary/aromatic N) is 1. The van der Waals surface area contributed by atoms with E-state index in [1.165, 1.54) is 6.20 Å². The molecule has 1 atom stereocenters. The fourth-order valence-corrected chi connectivity index (χ4v) is 1.41. The molecular formula is C15H22N2O3. The number of aliphatic hydroxyl groups is 1. The van der Waals surface area contributed by atoms with Crippen molar-refractivity contribution in [1.29, 1.82) is 0 Å². The van der Waals surface area contributed by atoms with Crippen molar-refractivity contribution in [3.05, 3.63) is 36.7 Å². The predicted octanol–water partition coefficient (Wildman–Crippen LogP) is 1.78. The van der Waals surface area contributed by atoms with Crippen molar-refractivity contribution in [2.24, 2.45) is 5.41 Å². The highest BCUT2D eigenvalue weighted by Crippen LogP contribution is 2.19. The molecule has 20 heavy (non-hydrogen) atoms. The van der Waals surface area contributed by atoms with E-state index in [0.29, 0.717) is 12.4 Å². The third-order valence-corrected chi connectivity index (χ3v) is 2.80. The number of amides is 1. The summed E-state index contributed by atoms with van der Waals surface area (Å²) in [6.07, 6.45) is 2.49. The number of rotatable bonds is 6. The van der Waals surface area contributed by atoms with Crippen LogP contribution in [-0.4, -0.2) is 35.3 Å². The summed E-state index contributed by atoms with van der Waals surface area (Å²) in [5.74, 6) is 0.0307. The van der Waals surface area contributed by atoms with Gasteiger partial charge in [0.05, 0.1) is 6.10 Å². The Kier molecular flexibility index (Phi) is 5.70. The Balaban J connectivity index is 2.70. The summed E-state index contributed by atoms with van der Waals surface area (Å²) in [6, 6.07) is 3.37. The van der Waals surface area contributed by atoms with Gasteiger partial charge in [0.25, 0.3) is 5.91 Å². The Labute approximate surface area is 119 Å². The summed E-state index contributed by atoms with van der Waals surface area (Å²) in [5.41, 5.74) is -0.0880. The number of carbonyl (C=O) groups is 1. The number of carbonyl (C=O) groups excluding carboxylic acids is 1. The summed E-state index contributed by atoms with van der Waals surface area (Å²) in [6.45, 7) is 9.74. The number of hydrogen-bond donors (Lipinski definition) is 2. The molecule has 1 unspecified atom stereocenters. The van der Waals surface area contributed by atoms with Crippen LogP contribution < -0.4 is 10.1 Å². The average Bonchev–Trinajstić information content (AvgIpc) is 2.41. The van der Waals surface area contributed by atoms with Crippen molar-refractivity contribution in [2.45, 2.75) is 26.9 Å². The Morgan fingerprint density at radius 2 is 2.30 bits per heavy atom. The van der Waals surface area contributed by atoms with Crippen LogP contribution in [0.2, 0.25) is 0 Å². The molecule has 0 radical (unpaired) electrons. The zero-order chi connectivity index (χ0) is 15.2. The SMILES string of the molecule is C=CCOc1cccnc1C(=O)NCC(O)C(C)(C)C. The lowest BCUT2D eigenvalue weighted by molar-refractivity contribution is 0.0584. The largest absolute Gasteiger partial charge is 0.487 e. The number of aliphatic hydroxyl groups excluding tert-OH is 1. The average molecular weight is 278 g/mol. The zero-order valence-corrected chi connectivity index (χ0v) is 12.2. The first kappa shape index (κ1) is 16.2. The van der Waals surface area contributed by atoms with Crippen molar-refractivity contribution >= 4 is 5.91 Å². The number of pyridine rings is 1. The van der Waals surface area contributed by atoms with E-state index in [4.69, 9.17) is 4.74 Å². The van der Waals surface area contributed by atoms with Crippen LogP contribution in [0.5, 0.6) is 5.75 Å². The zero-order valence-electron chi connectivity index (χ0n) is 12.2. The second kappa shape index (κ2) is 7.05. The molecule has 0 bridgehead atoms. The first-order chi connectivity index (χ1) is 9.36. The van der Waals surface area contributed by atoms with Gasteiger partial charge in [-0.1, -0.05) is 33.4 Å². The third-order valence-electron chi connectivity index (χ3n) is 2.80. The van der Waals surface area contributed by atoms with E-state index < -0.39 is 6.10 Å². The van der Waals surface area contributed by atoms with Crippen LogP contribution in [0.4, 0.5) is 0 Å². The van der Waals surface area contributed by atoms with Crippen LogP contribution in [0.25, 0.3) is 0 Å². The van der Waals surface area contributed by atoms with Gasteiger partial charge in [-0.15, -0.1) is 0 Å². The maximum Gasteiger partial charge on any atom is 0.273 e. The normalized spacial score (nSPS) is 12.6. The van der Waals surface area contributed by atoms with E-state index in [9.17, 15) is 9.90 Å². The van der Waals surface area contributed by atoms with E-state index in [2.05, 4.69) is 16.9 Å². The molecule has 1 rings (SSSR count). The fraction of sp³-hybridized carbons (Fsp3) is 0.467. The number of aromatic nitrogens is 1. The van der Waals surface area contributed by atoms with Crippen molar-refractivity contribution < 1.29 is 14.6 Å². The predicted molar refractivity (Wildman–Crippen MR) is 77.7 cm³/mol. The van der Waals surface area contributed by atoms with Gasteiger partial charge in [-0.25, -0.2) is 4.98 Å². The van der Waals surface area contributed by atoms with E-state index in [0.717, 1.165) is 0 Å². The van der Waals surface area contributed by atoms with Gasteiger partial charge in [0.2, 0.25) is 0 Å². The highest BCUT2D eigenvalue weighted by atomic mass is 16.5. The minimum absolute atomic E-state index is 0.166. The van der Waals surface area contributed by atoms with Crippen LogP contribution in [0.15, 0.2) is 31.0 Å². The molecule has 0 aliphatic heterocycles. The van der Waals surface area contributed by atoms with Gasteiger partial charge in [0.1, 0.15) is 6.61 Å². The van der Waals surface area contributed by atoms with E-state index in [1.54, 1.807) is 18.2 Å². The van der Waals surface area contributed by atoms with Crippen molar-refractivity contribution in [3.8, 4) is 5.75 Å². The molecule has 0 saturated carbocycles. The first-order valence-corrected chi connectivity index (χ1v) is 6.51. The first-order valence-electron chi connectivity index (χ1n) is 6.51. The van der Waals surface area contributed by atoms with E-state index >= 15 is 0 Å². The minimum atomic E-state index is -0.632. The Hall–Kier alpha value is -1.88. The van der Waals surface area contributed by atoms with Crippen molar-refractivity contribution in [1.82, 2.24) is 10.3 Å². The van der Waals surface area contributed by atoms with Crippen LogP contribution >= 0.6 is 0 Å². The summed E-state index contributed by atoms with van der Waals surface area (Å²) in [4.78, 5) is 16.1. The molecule has 5 nitrogen and oxygen atoms in total. The summed E-state index contributed by atoms with van der Waals surface area (Å²) in [7, 11) is 0. The molecule has 1 aromatic heterocycles. The smallest absolute Gasteiger partial charge is 0.273 e. The standard InChI is InChI=1S/C15H22N2O3/c1-5-9-20-11-7-6-8-16-13(11)14(19)17-10-12(18)15(2,3)4/h5-8,12,18H,1,9-10H2,2-4H3,(H,17,19). The fourth-order valence-electron chi connectivity index (χ4n) is 1.41. The van der Waals surface area contributed by atoms with Crippen LogP contribution in [0.3, 0.4) is 0 Å². The topological polar surface area (TPSA) is 71.5 Å². The number of ether oxygens (including phenoxy) is 1. The van der Waals surface area contributed by atoms with E-state index in [-0.39, 0.29) is 23.6 Å². The van der Waals surface area contributed by atoms with Crippen LogP contribution in [-0.2, 0) is 0 Å². The molecule has 0 saturated heterocycles. The number of nitrogens with one attached hydrogen (secondary N) is 1. The maximum atomic E-state index is 12.1. The van der Waals surface area contributed by atoms with Gasteiger partial charge < -0.3 is 15.2 Å². The van der Waals surface area contributed by atoms with Gasteiger partial charge >= 0.3 is 0 Å². The van der Waals surface area contributed by atoms with Gasteiger partial charge in [0.15, 0.2) is 11.4 Å². The third kappa shape index (κ3) is 4.66. The molecule has 1 amide bonds. The summed E-state index contributed by atoms with van der Waals surface area (Å²) in [5, 5.41) is 12.6. The molecule has 5 heteroatoms. The molecule has 0 aromatic carbocycles. The Morgan fingerprint density at radius 3 is 2.90 bits per heavy atom. The second-order valence-corrected chi connectivity index (χ2v) is 5.54. The van der Waals surface area contributed by atoms with Crippen LogP contribution in [0, 0.1) is 5.41 Å². The molecule has 2 N–H and O–H groups in total. The summed E-state index contributed by atoms with van der Waals surface area (Å²) < 4.78 is 5.38. The van der Waals surface area contributed by atoms with Gasteiger partial charge in [-0.3, -0.25) is 4.79 Å². The second-order valence-electron chi connectivity index (χ2n) is 5.54. The molecule has 110 valence electrons. The van der Waals surface area contributed by atoms with Crippen LogP contribution in [0.1, 0.15) is 31.3 Å². The highest BCUT2D eigenvalue weighted by molar-refractivity contribution is 5.94. The van der Waals surface area contributed by atoms with Gasteiger partial charge in [0, 0.05) is 12.7 Å². The maximum absolute atomic E-state index is 12.1. The van der Waals surface area contributed by atoms with E-state index in [1.807, 2.05) is 20.8 Å². The minimum Gasteiger partial charge on any atom is -0.487 e. The highest BCUT2D eigenvalue weighted by Gasteiger charge is 2.23. The quantitative estimate of drug-likeness (QED) is 0.778. The molecule has 1 aromatic rings. The van der Waals surface area contributed by atoms with Gasteiger partial charge in [-0.05, 0) is 17.5 Å². The Morgan fingerprint density at radius 1 is 1.60 bits per heavy atom. The number of hydrogen-bond acceptors (Lipinski definition) is 4. The summed E-state index contributed by atoms with van der Waals surface area (Å²) >= 11 is 0. The van der Waals surface area contributed by atoms with Gasteiger partial charge in [-0.2, -0.15) is 0 Å². The monoisotopic (exact) mass is 278 g/mol. The van der Waals surface area contributed by atoms with Crippen molar-refractivity contribution in [2.75, 3.05) is 13.2 Å². The molecule has 1 heterocycles. The molecule has 0 aliphatic carbocycles. The lowest BCUT2D eigenvalue weighted by Gasteiger charge is -2.25. The van der Waals surface area contributed by atoms with Crippen molar-refractivity contribution in [3.63, 3.8) is 0 Å². The molecule has 0 fully saturated rings. The lowest BCUT2D eigenvalue weighted by Crippen LogP contribution is -2.39.